The van der Waals surface area contributed by atoms with Crippen LogP contribution in [0.1, 0.15) is 38.7 Å². The molecular formula is C24H28F3NO4S. The number of rotatable bonds is 8. The van der Waals surface area contributed by atoms with Crippen molar-refractivity contribution in [2.75, 3.05) is 19.8 Å². The standard InChI is InChI=1S/C24H28F3NO4S/c1-16(2)9-12-32-21-8-5-18(15-20(21)24(25,26)27)17-3-6-19(7-4-17)33(30)23(22(28)29)10-13-31-14-11-23/h3-8,15-16H,9-14H2,1-2H3,(H2,28,29). The van der Waals surface area contributed by atoms with E-state index in [-0.39, 0.29) is 25.2 Å². The van der Waals surface area contributed by atoms with Crippen LogP contribution in [-0.2, 0) is 26.5 Å². The van der Waals surface area contributed by atoms with Crippen molar-refractivity contribution in [2.45, 2.75) is 48.9 Å². The zero-order valence-corrected chi connectivity index (χ0v) is 19.4. The van der Waals surface area contributed by atoms with Gasteiger partial charge < -0.3 is 15.2 Å². The Morgan fingerprint density at radius 3 is 2.27 bits per heavy atom. The van der Waals surface area contributed by atoms with Crippen LogP contribution >= 0.6 is 0 Å². The van der Waals surface area contributed by atoms with Gasteiger partial charge in [-0.2, -0.15) is 13.2 Å². The van der Waals surface area contributed by atoms with Crippen LogP contribution in [0.3, 0.4) is 0 Å². The topological polar surface area (TPSA) is 78.6 Å². The number of halogens is 3. The highest BCUT2D eigenvalue weighted by Gasteiger charge is 2.45. The Bertz CT molecular complexity index is 1000. The van der Waals surface area contributed by atoms with E-state index in [1.807, 2.05) is 13.8 Å². The monoisotopic (exact) mass is 483 g/mol. The molecule has 2 aromatic rings. The van der Waals surface area contributed by atoms with Crippen LogP contribution in [0.4, 0.5) is 13.2 Å². The molecule has 1 aliphatic rings. The normalized spacial score (nSPS) is 17.0. The fourth-order valence-electron chi connectivity index (χ4n) is 3.68. The molecule has 33 heavy (non-hydrogen) atoms. The number of carbonyl (C=O) groups is 1. The largest absolute Gasteiger partial charge is 0.493 e. The van der Waals surface area contributed by atoms with E-state index in [0.717, 1.165) is 6.07 Å². The summed E-state index contributed by atoms with van der Waals surface area (Å²) in [6.07, 6.45) is -3.41. The van der Waals surface area contributed by atoms with E-state index in [1.54, 1.807) is 30.3 Å². The van der Waals surface area contributed by atoms with Crippen molar-refractivity contribution < 1.29 is 31.6 Å². The van der Waals surface area contributed by atoms with Gasteiger partial charge in [-0.15, -0.1) is 0 Å². The molecular weight excluding hydrogens is 455 g/mol. The maximum Gasteiger partial charge on any atom is 0.419 e. The van der Waals surface area contributed by atoms with E-state index < -0.39 is 33.2 Å². The van der Waals surface area contributed by atoms with Gasteiger partial charge in [-0.3, -0.25) is 9.00 Å². The van der Waals surface area contributed by atoms with Crippen molar-refractivity contribution in [1.82, 2.24) is 0 Å². The molecule has 1 saturated heterocycles. The van der Waals surface area contributed by atoms with Crippen molar-refractivity contribution in [3.63, 3.8) is 0 Å². The number of alkyl halides is 3. The molecule has 0 bridgehead atoms. The molecule has 0 aliphatic carbocycles. The lowest BCUT2D eigenvalue weighted by molar-refractivity contribution is -0.139. The molecule has 1 amide bonds. The quantitative estimate of drug-likeness (QED) is 0.577. The molecule has 0 aromatic heterocycles. The van der Waals surface area contributed by atoms with Crippen LogP contribution in [0.15, 0.2) is 47.4 Å². The second-order valence-corrected chi connectivity index (χ2v) is 10.3. The molecule has 0 spiro atoms. The number of nitrogens with two attached hydrogens (primary N) is 1. The molecule has 1 heterocycles. The first-order valence-electron chi connectivity index (χ1n) is 10.8. The molecule has 2 N–H and O–H groups in total. The van der Waals surface area contributed by atoms with Crippen molar-refractivity contribution in [2.24, 2.45) is 11.7 Å². The van der Waals surface area contributed by atoms with Crippen LogP contribution < -0.4 is 10.5 Å². The van der Waals surface area contributed by atoms with E-state index in [9.17, 15) is 22.2 Å². The molecule has 5 nitrogen and oxygen atoms in total. The summed E-state index contributed by atoms with van der Waals surface area (Å²) in [4.78, 5) is 12.5. The zero-order chi connectivity index (χ0) is 24.2. The van der Waals surface area contributed by atoms with E-state index in [0.29, 0.717) is 41.6 Å². The lowest BCUT2D eigenvalue weighted by Gasteiger charge is -2.33. The van der Waals surface area contributed by atoms with E-state index >= 15 is 0 Å². The van der Waals surface area contributed by atoms with Crippen molar-refractivity contribution in [3.05, 3.63) is 48.0 Å². The van der Waals surface area contributed by atoms with Crippen LogP contribution in [0.25, 0.3) is 11.1 Å². The van der Waals surface area contributed by atoms with Gasteiger partial charge in [0.15, 0.2) is 0 Å². The van der Waals surface area contributed by atoms with E-state index in [4.69, 9.17) is 15.2 Å². The Morgan fingerprint density at radius 1 is 1.12 bits per heavy atom. The van der Waals surface area contributed by atoms with Crippen LogP contribution in [0, 0.1) is 5.92 Å². The van der Waals surface area contributed by atoms with Crippen molar-refractivity contribution >= 4 is 16.7 Å². The number of carbonyl (C=O) groups excluding carboxylic acids is 1. The average Bonchev–Trinajstić information content (AvgIpc) is 2.78. The summed E-state index contributed by atoms with van der Waals surface area (Å²) in [6, 6.07) is 10.3. The van der Waals surface area contributed by atoms with Gasteiger partial charge in [0, 0.05) is 18.1 Å². The van der Waals surface area contributed by atoms with Gasteiger partial charge in [0.2, 0.25) is 5.91 Å². The predicted molar refractivity (Wildman–Crippen MR) is 120 cm³/mol. The summed E-state index contributed by atoms with van der Waals surface area (Å²) in [5.41, 5.74) is 5.61. The Labute approximate surface area is 193 Å². The fourth-order valence-corrected chi connectivity index (χ4v) is 5.24. The molecule has 1 unspecified atom stereocenters. The Kier molecular flexibility index (Phi) is 7.84. The molecule has 1 aliphatic heterocycles. The van der Waals surface area contributed by atoms with E-state index in [2.05, 4.69) is 0 Å². The fraction of sp³-hybridized carbons (Fsp3) is 0.458. The first-order valence-corrected chi connectivity index (χ1v) is 11.9. The smallest absolute Gasteiger partial charge is 0.419 e. The Morgan fingerprint density at radius 2 is 1.73 bits per heavy atom. The summed E-state index contributed by atoms with van der Waals surface area (Å²) in [5.74, 6) is -0.527. The van der Waals surface area contributed by atoms with Gasteiger partial charge in [-0.1, -0.05) is 32.0 Å². The number of primary amides is 1. The van der Waals surface area contributed by atoms with Gasteiger partial charge in [0.05, 0.1) is 23.0 Å². The number of hydrogen-bond donors (Lipinski definition) is 1. The Hall–Kier alpha value is -2.39. The number of ether oxygens (including phenoxy) is 2. The number of hydrogen-bond acceptors (Lipinski definition) is 4. The molecule has 2 aromatic carbocycles. The maximum atomic E-state index is 13.6. The van der Waals surface area contributed by atoms with Gasteiger partial charge in [-0.05, 0) is 60.6 Å². The van der Waals surface area contributed by atoms with Crippen LogP contribution in [-0.4, -0.2) is 34.7 Å². The van der Waals surface area contributed by atoms with E-state index in [1.165, 1.54) is 6.07 Å². The summed E-state index contributed by atoms with van der Waals surface area (Å²) >= 11 is 0. The minimum Gasteiger partial charge on any atom is -0.493 e. The summed E-state index contributed by atoms with van der Waals surface area (Å²) < 4.78 is 63.6. The van der Waals surface area contributed by atoms with Gasteiger partial charge in [-0.25, -0.2) is 0 Å². The molecule has 180 valence electrons. The third-order valence-electron chi connectivity index (χ3n) is 5.74. The zero-order valence-electron chi connectivity index (χ0n) is 18.6. The first-order chi connectivity index (χ1) is 15.5. The molecule has 3 rings (SSSR count). The highest BCUT2D eigenvalue weighted by molar-refractivity contribution is 7.87. The Balaban J connectivity index is 1.87. The molecule has 0 radical (unpaired) electrons. The average molecular weight is 484 g/mol. The number of benzene rings is 2. The molecule has 1 fully saturated rings. The highest BCUT2D eigenvalue weighted by Crippen LogP contribution is 2.39. The van der Waals surface area contributed by atoms with Crippen molar-refractivity contribution in [1.29, 1.82) is 0 Å². The van der Waals surface area contributed by atoms with Crippen LogP contribution in [0.2, 0.25) is 0 Å². The maximum absolute atomic E-state index is 13.6. The third kappa shape index (κ3) is 5.76. The molecule has 0 saturated carbocycles. The highest BCUT2D eigenvalue weighted by atomic mass is 32.2. The summed E-state index contributed by atoms with van der Waals surface area (Å²) in [5, 5.41) is 0. The summed E-state index contributed by atoms with van der Waals surface area (Å²) in [6.45, 7) is 4.73. The SMILES string of the molecule is CC(C)CCOc1ccc(-c2ccc(S(=O)C3(C(N)=O)CCOCC3)cc2)cc1C(F)(F)F. The minimum atomic E-state index is -4.57. The summed E-state index contributed by atoms with van der Waals surface area (Å²) in [7, 11) is -1.71. The second kappa shape index (κ2) is 10.3. The van der Waals surface area contributed by atoms with Gasteiger partial charge in [0.25, 0.3) is 0 Å². The first kappa shape index (κ1) is 25.2. The minimum absolute atomic E-state index is 0.201. The second-order valence-electron chi connectivity index (χ2n) is 8.50. The molecule has 9 heteroatoms. The van der Waals surface area contributed by atoms with Gasteiger partial charge in [0.1, 0.15) is 10.5 Å². The van der Waals surface area contributed by atoms with Crippen molar-refractivity contribution in [3.8, 4) is 16.9 Å². The van der Waals surface area contributed by atoms with Gasteiger partial charge >= 0.3 is 6.18 Å². The molecule has 1 atom stereocenters. The third-order valence-corrected chi connectivity index (χ3v) is 7.76. The lowest BCUT2D eigenvalue weighted by Crippen LogP contribution is -2.51. The number of amides is 1. The van der Waals surface area contributed by atoms with Crippen LogP contribution in [0.5, 0.6) is 5.75 Å². The predicted octanol–water partition coefficient (Wildman–Crippen LogP) is 4.94. The lowest BCUT2D eigenvalue weighted by atomic mass is 9.98.